The molecule has 44 heavy (non-hydrogen) atoms. The molecule has 0 saturated heterocycles. The van der Waals surface area contributed by atoms with E-state index in [1.165, 1.54) is 7.11 Å². The number of methoxy groups -OCH3 is 1. The summed E-state index contributed by atoms with van der Waals surface area (Å²) in [6.45, 7) is 19.6. The number of carbonyl (C=O) groups excluding carboxylic acids is 2. The summed E-state index contributed by atoms with van der Waals surface area (Å²) in [5, 5.41) is 4.30. The van der Waals surface area contributed by atoms with E-state index in [1.807, 2.05) is 62.2 Å². The first-order chi connectivity index (χ1) is 20.5. The van der Waals surface area contributed by atoms with Crippen LogP contribution in [0.1, 0.15) is 97.2 Å². The van der Waals surface area contributed by atoms with Gasteiger partial charge in [-0.2, -0.15) is 0 Å². The maximum absolute atomic E-state index is 14.2. The van der Waals surface area contributed by atoms with Crippen LogP contribution in [0.5, 0.6) is 0 Å². The SMILES string of the molecule is CCCN(c1ccc([C@@H]2CCCC2C(=O)OC)cc1)N(C(=O)OC(C)(C)C)C(CO[Si](C)(C)C(C)(C)C)c1cccc(Cl)c1. The van der Waals surface area contributed by atoms with Gasteiger partial charge in [0.1, 0.15) is 11.6 Å². The van der Waals surface area contributed by atoms with Crippen molar-refractivity contribution in [3.8, 4) is 0 Å². The summed E-state index contributed by atoms with van der Waals surface area (Å²) in [6.07, 6.45) is 3.11. The zero-order valence-corrected chi connectivity index (χ0v) is 30.2. The van der Waals surface area contributed by atoms with E-state index < -0.39 is 26.1 Å². The average molecular weight is 645 g/mol. The number of halogens is 1. The van der Waals surface area contributed by atoms with Crippen LogP contribution in [0.15, 0.2) is 48.5 Å². The zero-order valence-electron chi connectivity index (χ0n) is 28.4. The summed E-state index contributed by atoms with van der Waals surface area (Å²) in [5.74, 6) is -0.155. The molecule has 0 aromatic heterocycles. The van der Waals surface area contributed by atoms with Gasteiger partial charge < -0.3 is 13.9 Å². The third-order valence-corrected chi connectivity index (χ3v) is 13.6. The summed E-state index contributed by atoms with van der Waals surface area (Å²) in [7, 11) is -0.726. The molecular weight excluding hydrogens is 592 g/mol. The zero-order chi connectivity index (χ0) is 32.9. The Hall–Kier alpha value is -2.55. The Kier molecular flexibility index (Phi) is 12.0. The smallest absolute Gasteiger partial charge is 0.429 e. The van der Waals surface area contributed by atoms with Crippen LogP contribution in [0, 0.1) is 5.92 Å². The Balaban J connectivity index is 2.11. The van der Waals surface area contributed by atoms with E-state index >= 15 is 0 Å². The lowest BCUT2D eigenvalue weighted by atomic mass is 9.89. The van der Waals surface area contributed by atoms with Gasteiger partial charge in [-0.3, -0.25) is 9.80 Å². The van der Waals surface area contributed by atoms with E-state index in [0.29, 0.717) is 11.6 Å². The number of anilines is 1. The van der Waals surface area contributed by atoms with Gasteiger partial charge in [0.25, 0.3) is 0 Å². The molecule has 7 nitrogen and oxygen atoms in total. The molecule has 2 aromatic rings. The molecule has 1 aliphatic carbocycles. The lowest BCUT2D eigenvalue weighted by molar-refractivity contribution is -0.145. The van der Waals surface area contributed by atoms with Crippen LogP contribution in [-0.2, 0) is 18.7 Å². The predicted molar refractivity (Wildman–Crippen MR) is 182 cm³/mol. The second-order valence-electron chi connectivity index (χ2n) is 14.3. The summed E-state index contributed by atoms with van der Waals surface area (Å²) < 4.78 is 17.9. The van der Waals surface area contributed by atoms with Crippen molar-refractivity contribution in [2.45, 2.75) is 110 Å². The molecule has 0 aliphatic heterocycles. The molecule has 9 heteroatoms. The summed E-state index contributed by atoms with van der Waals surface area (Å²) in [5.41, 5.74) is 2.12. The number of amides is 1. The highest BCUT2D eigenvalue weighted by Gasteiger charge is 2.41. The summed E-state index contributed by atoms with van der Waals surface area (Å²) >= 11 is 6.51. The lowest BCUT2D eigenvalue weighted by Gasteiger charge is -2.44. The third kappa shape index (κ3) is 9.01. The standard InChI is InChI=1S/C35H53ClN2O5Si/c1-11-22-37(28-20-18-25(19-21-28)29-16-13-17-30(29)32(39)41-8)38(33(40)43-34(2,3)4)31(26-14-12-15-27(36)23-26)24-42-44(9,10)35(5,6)7/h12,14-15,18-21,23,29-31H,11,13,16-17,22,24H2,1-10H3/t29-,30?,31?/m0/s1. The first-order valence-electron chi connectivity index (χ1n) is 15.9. The Morgan fingerprint density at radius 3 is 2.23 bits per heavy atom. The second kappa shape index (κ2) is 14.7. The van der Waals surface area contributed by atoms with Crippen molar-refractivity contribution in [1.29, 1.82) is 0 Å². The first kappa shape index (κ1) is 35.9. The quantitative estimate of drug-likeness (QED) is 0.138. The fraction of sp³-hybridized carbons (Fsp3) is 0.600. The Morgan fingerprint density at radius 2 is 1.68 bits per heavy atom. The molecule has 1 fully saturated rings. The van der Waals surface area contributed by atoms with Crippen molar-refractivity contribution in [2.24, 2.45) is 5.92 Å². The normalized spacial score (nSPS) is 18.1. The van der Waals surface area contributed by atoms with Gasteiger partial charge in [0.05, 0.1) is 25.3 Å². The van der Waals surface area contributed by atoms with Crippen LogP contribution in [-0.4, -0.2) is 51.3 Å². The Morgan fingerprint density at radius 1 is 1.02 bits per heavy atom. The number of hydrazine groups is 1. The molecular formula is C35H53ClN2O5Si. The number of esters is 1. The Labute approximate surface area is 271 Å². The van der Waals surface area contributed by atoms with Crippen molar-refractivity contribution in [3.63, 3.8) is 0 Å². The largest absolute Gasteiger partial charge is 0.469 e. The maximum atomic E-state index is 14.2. The van der Waals surface area contributed by atoms with Gasteiger partial charge in [0, 0.05) is 11.6 Å². The fourth-order valence-corrected chi connectivity index (χ4v) is 6.69. The molecule has 244 valence electrons. The van der Waals surface area contributed by atoms with Crippen molar-refractivity contribution in [3.05, 3.63) is 64.7 Å². The van der Waals surface area contributed by atoms with Crippen molar-refractivity contribution < 1.29 is 23.5 Å². The molecule has 3 atom stereocenters. The van der Waals surface area contributed by atoms with Crippen LogP contribution < -0.4 is 5.01 Å². The number of hydrogen-bond acceptors (Lipinski definition) is 6. The molecule has 0 radical (unpaired) electrons. The van der Waals surface area contributed by atoms with Crippen LogP contribution in [0.3, 0.4) is 0 Å². The van der Waals surface area contributed by atoms with E-state index in [4.69, 9.17) is 25.5 Å². The van der Waals surface area contributed by atoms with Crippen LogP contribution >= 0.6 is 11.6 Å². The first-order valence-corrected chi connectivity index (χ1v) is 19.1. The molecule has 0 bridgehead atoms. The monoisotopic (exact) mass is 644 g/mol. The highest BCUT2D eigenvalue weighted by atomic mass is 35.5. The molecule has 3 rings (SSSR count). The van der Waals surface area contributed by atoms with Crippen LogP contribution in [0.2, 0.25) is 23.2 Å². The topological polar surface area (TPSA) is 68.3 Å². The molecule has 0 spiro atoms. The number of ether oxygens (including phenoxy) is 2. The number of nitrogens with zero attached hydrogens (tertiary/aromatic N) is 2. The van der Waals surface area contributed by atoms with Gasteiger partial charge in [0.2, 0.25) is 0 Å². The van der Waals surface area contributed by atoms with Gasteiger partial charge in [0.15, 0.2) is 8.32 Å². The van der Waals surface area contributed by atoms with Gasteiger partial charge in [-0.25, -0.2) is 9.80 Å². The second-order valence-corrected chi connectivity index (χ2v) is 19.6. The van der Waals surface area contributed by atoms with Crippen LogP contribution in [0.4, 0.5) is 10.5 Å². The number of carbonyl (C=O) groups is 2. The highest BCUT2D eigenvalue weighted by molar-refractivity contribution is 6.74. The molecule has 2 unspecified atom stereocenters. The van der Waals surface area contributed by atoms with Gasteiger partial charge >= 0.3 is 12.1 Å². The van der Waals surface area contributed by atoms with Crippen molar-refractivity contribution in [1.82, 2.24) is 5.01 Å². The molecule has 1 saturated carbocycles. The van der Waals surface area contributed by atoms with Gasteiger partial charge in [-0.1, -0.05) is 70.0 Å². The van der Waals surface area contributed by atoms with E-state index in [0.717, 1.165) is 42.5 Å². The number of benzene rings is 2. The Bertz CT molecular complexity index is 1260. The minimum atomic E-state index is -2.18. The summed E-state index contributed by atoms with van der Waals surface area (Å²) in [6, 6.07) is 15.4. The summed E-state index contributed by atoms with van der Waals surface area (Å²) in [4.78, 5) is 26.7. The van der Waals surface area contributed by atoms with E-state index in [9.17, 15) is 9.59 Å². The minimum absolute atomic E-state index is 0.0101. The number of rotatable bonds is 11. The van der Waals surface area contributed by atoms with Crippen molar-refractivity contribution in [2.75, 3.05) is 25.3 Å². The molecule has 2 aromatic carbocycles. The lowest BCUT2D eigenvalue weighted by Crippen LogP contribution is -2.53. The van der Waals surface area contributed by atoms with Gasteiger partial charge in [-0.05, 0) is 99.5 Å². The molecule has 1 aliphatic rings. The van der Waals surface area contributed by atoms with Crippen molar-refractivity contribution >= 4 is 37.7 Å². The van der Waals surface area contributed by atoms with E-state index in [2.05, 4.69) is 52.9 Å². The minimum Gasteiger partial charge on any atom is -0.469 e. The van der Waals surface area contributed by atoms with E-state index in [-0.39, 0.29) is 29.5 Å². The molecule has 1 amide bonds. The van der Waals surface area contributed by atoms with E-state index in [1.54, 1.807) is 5.01 Å². The molecule has 0 heterocycles. The van der Waals surface area contributed by atoms with Crippen LogP contribution in [0.25, 0.3) is 0 Å². The predicted octanol–water partition coefficient (Wildman–Crippen LogP) is 9.53. The average Bonchev–Trinajstić information content (AvgIpc) is 3.42. The highest BCUT2D eigenvalue weighted by Crippen LogP contribution is 2.42. The number of hydrogen-bond donors (Lipinski definition) is 0. The third-order valence-electron chi connectivity index (χ3n) is 8.85. The maximum Gasteiger partial charge on any atom is 0.429 e. The fourth-order valence-electron chi connectivity index (χ4n) is 5.49. The molecule has 0 N–H and O–H groups in total. The van der Waals surface area contributed by atoms with Gasteiger partial charge in [-0.15, -0.1) is 0 Å².